The summed E-state index contributed by atoms with van der Waals surface area (Å²) in [6.45, 7) is 13.5. The van der Waals surface area contributed by atoms with Crippen molar-refractivity contribution in [3.8, 4) is 0 Å². The third kappa shape index (κ3) is 6.74. The number of aliphatic imine (C=N–C) groups is 1. The highest BCUT2D eigenvalue weighted by molar-refractivity contribution is 14.0. The van der Waals surface area contributed by atoms with Gasteiger partial charge in [0, 0.05) is 25.2 Å². The van der Waals surface area contributed by atoms with Crippen LogP contribution in [0.5, 0.6) is 0 Å². The van der Waals surface area contributed by atoms with Gasteiger partial charge in [-0.3, -0.25) is 4.99 Å². The quantitative estimate of drug-likeness (QED) is 0.237. The second-order valence-corrected chi connectivity index (χ2v) is 7.98. The van der Waals surface area contributed by atoms with Gasteiger partial charge in [-0.15, -0.1) is 24.0 Å². The molecule has 1 fully saturated rings. The normalized spacial score (nSPS) is 16.2. The summed E-state index contributed by atoms with van der Waals surface area (Å²) in [6.07, 6.45) is 7.36. The summed E-state index contributed by atoms with van der Waals surface area (Å²) in [5.74, 6) is 2.65. The second-order valence-electron chi connectivity index (χ2n) is 7.98. The summed E-state index contributed by atoms with van der Waals surface area (Å²) in [7, 11) is 0. The van der Waals surface area contributed by atoms with Crippen molar-refractivity contribution in [1.29, 1.82) is 0 Å². The van der Waals surface area contributed by atoms with Gasteiger partial charge < -0.3 is 15.2 Å². The van der Waals surface area contributed by atoms with E-state index in [0.29, 0.717) is 5.41 Å². The predicted molar refractivity (Wildman–Crippen MR) is 119 cm³/mol. The highest BCUT2D eigenvalue weighted by Crippen LogP contribution is 2.46. The summed E-state index contributed by atoms with van der Waals surface area (Å²) in [5.41, 5.74) is 2.71. The van der Waals surface area contributed by atoms with E-state index in [4.69, 9.17) is 9.52 Å². The maximum atomic E-state index is 5.23. The van der Waals surface area contributed by atoms with Crippen LogP contribution in [0.2, 0.25) is 0 Å². The number of aryl methyl sites for hydroxylation is 2. The maximum Gasteiger partial charge on any atom is 0.191 e. The van der Waals surface area contributed by atoms with E-state index in [-0.39, 0.29) is 24.0 Å². The fourth-order valence-corrected chi connectivity index (χ4v) is 3.89. The van der Waals surface area contributed by atoms with Crippen LogP contribution < -0.4 is 10.6 Å². The molecule has 0 amide bonds. The van der Waals surface area contributed by atoms with Crippen molar-refractivity contribution in [1.82, 2.24) is 15.8 Å². The van der Waals surface area contributed by atoms with Gasteiger partial charge in [-0.1, -0.05) is 25.4 Å². The molecule has 0 unspecified atom stereocenters. The first-order chi connectivity index (χ1) is 12.0. The van der Waals surface area contributed by atoms with E-state index < -0.39 is 0 Å². The maximum absolute atomic E-state index is 5.23. The minimum atomic E-state index is 0. The van der Waals surface area contributed by atoms with Gasteiger partial charge in [-0.05, 0) is 64.2 Å². The summed E-state index contributed by atoms with van der Waals surface area (Å²) < 4.78 is 5.23. The molecule has 0 spiro atoms. The predicted octanol–water partition coefficient (Wildman–Crippen LogP) is 4.61. The minimum absolute atomic E-state index is 0. The largest absolute Gasteiger partial charge is 0.361 e. The third-order valence-electron chi connectivity index (χ3n) is 5.25. The molecule has 1 aromatic heterocycles. The van der Waals surface area contributed by atoms with Crippen molar-refractivity contribution in [3.05, 3.63) is 17.0 Å². The molecule has 1 heterocycles. The zero-order chi connectivity index (χ0) is 18.3. The van der Waals surface area contributed by atoms with Crippen LogP contribution >= 0.6 is 24.0 Å². The van der Waals surface area contributed by atoms with E-state index in [0.717, 1.165) is 55.8 Å². The Bertz CT molecular complexity index is 545. The standard InChI is InChI=1S/C20H36N4O.HI/c1-6-21-19(23-14-20(10-8-11-20)13-15(2)3)22-12-7-9-18-16(4)24-25-17(18)5;/h15H,6-14H2,1-5H3,(H2,21,22,23);1H. The molecule has 5 nitrogen and oxygen atoms in total. The van der Waals surface area contributed by atoms with Gasteiger partial charge in [0.15, 0.2) is 5.96 Å². The summed E-state index contributed by atoms with van der Waals surface area (Å²) in [5, 5.41) is 10.9. The Labute approximate surface area is 176 Å². The van der Waals surface area contributed by atoms with Crippen molar-refractivity contribution in [2.45, 2.75) is 73.1 Å². The Kier molecular flexibility index (Phi) is 9.97. The highest BCUT2D eigenvalue weighted by Gasteiger charge is 2.37. The molecule has 0 aromatic carbocycles. The Morgan fingerprint density at radius 3 is 2.50 bits per heavy atom. The Morgan fingerprint density at radius 1 is 1.27 bits per heavy atom. The fraction of sp³-hybridized carbons (Fsp3) is 0.800. The monoisotopic (exact) mass is 476 g/mol. The van der Waals surface area contributed by atoms with Gasteiger partial charge >= 0.3 is 0 Å². The van der Waals surface area contributed by atoms with Crippen molar-refractivity contribution in [2.24, 2.45) is 16.3 Å². The van der Waals surface area contributed by atoms with E-state index in [1.807, 2.05) is 13.8 Å². The molecule has 0 atom stereocenters. The molecular formula is C20H37IN4O. The fourth-order valence-electron chi connectivity index (χ4n) is 3.89. The molecule has 2 N–H and O–H groups in total. The van der Waals surface area contributed by atoms with Crippen molar-refractivity contribution in [2.75, 3.05) is 19.6 Å². The number of guanidine groups is 1. The number of rotatable bonds is 9. The van der Waals surface area contributed by atoms with Crippen LogP contribution in [0.1, 0.15) is 69.9 Å². The first-order valence-electron chi connectivity index (χ1n) is 9.90. The number of aromatic nitrogens is 1. The average Bonchev–Trinajstić information content (AvgIpc) is 2.84. The lowest BCUT2D eigenvalue weighted by atomic mass is 9.64. The van der Waals surface area contributed by atoms with Crippen LogP contribution in [-0.2, 0) is 6.42 Å². The van der Waals surface area contributed by atoms with Crippen LogP contribution in [-0.4, -0.2) is 30.8 Å². The summed E-state index contributed by atoms with van der Waals surface area (Å²) >= 11 is 0. The Balaban J connectivity index is 0.00000338. The minimum Gasteiger partial charge on any atom is -0.361 e. The van der Waals surface area contributed by atoms with Gasteiger partial charge in [-0.2, -0.15) is 0 Å². The molecule has 0 bridgehead atoms. The zero-order valence-corrected chi connectivity index (χ0v) is 19.5. The SMILES string of the molecule is CCNC(=NCC1(CC(C)C)CCC1)NCCCc1c(C)noc1C.I. The molecule has 150 valence electrons. The lowest BCUT2D eigenvalue weighted by Crippen LogP contribution is -2.40. The van der Waals surface area contributed by atoms with E-state index in [9.17, 15) is 0 Å². The molecule has 1 saturated carbocycles. The van der Waals surface area contributed by atoms with Gasteiger partial charge in [0.2, 0.25) is 0 Å². The number of nitrogens with one attached hydrogen (secondary N) is 2. The molecular weight excluding hydrogens is 439 g/mol. The molecule has 1 aliphatic carbocycles. The van der Waals surface area contributed by atoms with Crippen LogP contribution in [0.4, 0.5) is 0 Å². The molecule has 0 aliphatic heterocycles. The Morgan fingerprint density at radius 2 is 2.00 bits per heavy atom. The molecule has 6 heteroatoms. The summed E-state index contributed by atoms with van der Waals surface area (Å²) in [6, 6.07) is 0. The lowest BCUT2D eigenvalue weighted by molar-refractivity contribution is 0.111. The molecule has 0 saturated heterocycles. The molecule has 1 aromatic rings. The Hall–Kier alpha value is -0.790. The number of nitrogens with zero attached hydrogens (tertiary/aromatic N) is 2. The van der Waals surface area contributed by atoms with E-state index in [1.54, 1.807) is 0 Å². The van der Waals surface area contributed by atoms with Crippen molar-refractivity contribution in [3.63, 3.8) is 0 Å². The number of hydrogen-bond acceptors (Lipinski definition) is 3. The van der Waals surface area contributed by atoms with Gasteiger partial charge in [0.05, 0.1) is 5.69 Å². The van der Waals surface area contributed by atoms with E-state index in [2.05, 4.69) is 36.6 Å². The van der Waals surface area contributed by atoms with Gasteiger partial charge in [-0.25, -0.2) is 0 Å². The van der Waals surface area contributed by atoms with Crippen LogP contribution in [0.25, 0.3) is 0 Å². The van der Waals surface area contributed by atoms with Crippen LogP contribution in [0, 0.1) is 25.2 Å². The van der Waals surface area contributed by atoms with E-state index >= 15 is 0 Å². The third-order valence-corrected chi connectivity index (χ3v) is 5.25. The smallest absolute Gasteiger partial charge is 0.191 e. The van der Waals surface area contributed by atoms with Crippen LogP contribution in [0.15, 0.2) is 9.52 Å². The van der Waals surface area contributed by atoms with Crippen LogP contribution in [0.3, 0.4) is 0 Å². The van der Waals surface area contributed by atoms with Gasteiger partial charge in [0.1, 0.15) is 5.76 Å². The van der Waals surface area contributed by atoms with Crippen molar-refractivity contribution < 1.29 is 4.52 Å². The zero-order valence-electron chi connectivity index (χ0n) is 17.2. The second kappa shape index (κ2) is 11.1. The molecule has 26 heavy (non-hydrogen) atoms. The number of hydrogen-bond donors (Lipinski definition) is 2. The molecule has 0 radical (unpaired) electrons. The first kappa shape index (κ1) is 23.2. The first-order valence-corrected chi connectivity index (χ1v) is 9.90. The number of halogens is 1. The molecule has 1 aliphatic rings. The topological polar surface area (TPSA) is 62.5 Å². The van der Waals surface area contributed by atoms with E-state index in [1.165, 1.54) is 31.2 Å². The average molecular weight is 476 g/mol. The van der Waals surface area contributed by atoms with Gasteiger partial charge in [0.25, 0.3) is 0 Å². The van der Waals surface area contributed by atoms with Crippen molar-refractivity contribution >= 4 is 29.9 Å². The molecule has 2 rings (SSSR count). The summed E-state index contributed by atoms with van der Waals surface area (Å²) in [4.78, 5) is 4.89. The highest BCUT2D eigenvalue weighted by atomic mass is 127. The lowest BCUT2D eigenvalue weighted by Gasteiger charge is -2.42.